The number of carbonyl (C=O) groups excluding carboxylic acids is 2. The molecule has 1 aromatic heterocycles. The van der Waals surface area contributed by atoms with E-state index in [1.165, 1.54) is 0 Å². The van der Waals surface area contributed by atoms with Crippen LogP contribution in [0.15, 0.2) is 22.8 Å². The summed E-state index contributed by atoms with van der Waals surface area (Å²) in [4.78, 5) is 25.9. The number of nitrogens with zero attached hydrogens (tertiary/aromatic N) is 1. The van der Waals surface area contributed by atoms with Crippen LogP contribution in [-0.2, 0) is 16.1 Å². The van der Waals surface area contributed by atoms with Crippen LogP contribution in [0.2, 0.25) is 0 Å². The highest BCUT2D eigenvalue weighted by molar-refractivity contribution is 5.84. The number of nitrogens with one attached hydrogen (secondary N) is 3. The molecule has 3 N–H and O–H groups in total. The quantitative estimate of drug-likeness (QED) is 0.646. The molecule has 0 bridgehead atoms. The zero-order valence-electron chi connectivity index (χ0n) is 12.2. The van der Waals surface area contributed by atoms with Gasteiger partial charge in [0.1, 0.15) is 11.8 Å². The SMILES string of the molecule is CCNC(=O)C1CNCCN1CC(=O)NCc1ccco1. The van der Waals surface area contributed by atoms with Crippen LogP contribution >= 0.6 is 0 Å². The van der Waals surface area contributed by atoms with Gasteiger partial charge < -0.3 is 20.4 Å². The minimum Gasteiger partial charge on any atom is -0.467 e. The molecule has 0 aliphatic carbocycles. The average Bonchev–Trinajstić information content (AvgIpc) is 2.99. The van der Waals surface area contributed by atoms with Gasteiger partial charge in [0.25, 0.3) is 0 Å². The molecule has 21 heavy (non-hydrogen) atoms. The lowest BCUT2D eigenvalue weighted by atomic mass is 10.1. The Labute approximate surface area is 124 Å². The molecule has 116 valence electrons. The van der Waals surface area contributed by atoms with Crippen molar-refractivity contribution in [1.29, 1.82) is 0 Å². The van der Waals surface area contributed by atoms with E-state index >= 15 is 0 Å². The van der Waals surface area contributed by atoms with E-state index in [0.29, 0.717) is 31.9 Å². The Morgan fingerprint density at radius 1 is 1.48 bits per heavy atom. The molecule has 0 saturated carbocycles. The van der Waals surface area contributed by atoms with Gasteiger partial charge in [0.05, 0.1) is 19.4 Å². The molecular formula is C14H22N4O3. The second-order valence-corrected chi connectivity index (χ2v) is 4.94. The van der Waals surface area contributed by atoms with Gasteiger partial charge in [-0.25, -0.2) is 0 Å². The highest BCUT2D eigenvalue weighted by Gasteiger charge is 2.29. The third-order valence-corrected chi connectivity index (χ3v) is 3.39. The average molecular weight is 294 g/mol. The van der Waals surface area contributed by atoms with Crippen molar-refractivity contribution in [3.8, 4) is 0 Å². The monoisotopic (exact) mass is 294 g/mol. The first kappa shape index (κ1) is 15.5. The summed E-state index contributed by atoms with van der Waals surface area (Å²) in [6, 6.07) is 3.29. The molecule has 2 rings (SSSR count). The Kier molecular flexibility index (Phi) is 5.77. The Bertz CT molecular complexity index is 461. The fourth-order valence-corrected chi connectivity index (χ4v) is 2.33. The maximum Gasteiger partial charge on any atom is 0.238 e. The molecule has 7 heteroatoms. The lowest BCUT2D eigenvalue weighted by Gasteiger charge is -2.34. The van der Waals surface area contributed by atoms with Crippen molar-refractivity contribution in [3.63, 3.8) is 0 Å². The number of carbonyl (C=O) groups is 2. The molecule has 1 unspecified atom stereocenters. The second kappa shape index (κ2) is 7.80. The third-order valence-electron chi connectivity index (χ3n) is 3.39. The van der Waals surface area contributed by atoms with Crippen molar-refractivity contribution >= 4 is 11.8 Å². The molecule has 2 heterocycles. The maximum absolute atomic E-state index is 12.0. The first-order chi connectivity index (χ1) is 10.2. The van der Waals surface area contributed by atoms with Gasteiger partial charge in [-0.2, -0.15) is 0 Å². The number of likely N-dealkylation sites (N-methyl/N-ethyl adjacent to an activating group) is 1. The summed E-state index contributed by atoms with van der Waals surface area (Å²) < 4.78 is 5.16. The van der Waals surface area contributed by atoms with Crippen molar-refractivity contribution in [3.05, 3.63) is 24.2 Å². The number of rotatable bonds is 6. The number of hydrogen-bond acceptors (Lipinski definition) is 5. The topological polar surface area (TPSA) is 86.6 Å². The van der Waals surface area contributed by atoms with E-state index in [1.807, 2.05) is 17.9 Å². The van der Waals surface area contributed by atoms with Crippen molar-refractivity contribution in [2.45, 2.75) is 19.5 Å². The maximum atomic E-state index is 12.0. The van der Waals surface area contributed by atoms with Crippen LogP contribution in [0.1, 0.15) is 12.7 Å². The molecule has 1 saturated heterocycles. The molecule has 2 amide bonds. The molecule has 1 fully saturated rings. The van der Waals surface area contributed by atoms with Crippen LogP contribution in [0.25, 0.3) is 0 Å². The van der Waals surface area contributed by atoms with Crippen LogP contribution in [0.4, 0.5) is 0 Å². The molecular weight excluding hydrogens is 272 g/mol. The van der Waals surface area contributed by atoms with E-state index in [2.05, 4.69) is 16.0 Å². The van der Waals surface area contributed by atoms with Gasteiger partial charge in [-0.15, -0.1) is 0 Å². The van der Waals surface area contributed by atoms with Gasteiger partial charge in [0.15, 0.2) is 0 Å². The molecule has 1 aliphatic heterocycles. The van der Waals surface area contributed by atoms with E-state index < -0.39 is 0 Å². The number of furan rings is 1. The van der Waals surface area contributed by atoms with Gasteiger partial charge in [0.2, 0.25) is 11.8 Å². The van der Waals surface area contributed by atoms with Gasteiger partial charge in [-0.3, -0.25) is 14.5 Å². The molecule has 1 aromatic rings. The summed E-state index contributed by atoms with van der Waals surface area (Å²) in [6.45, 7) is 5.07. The Balaban J connectivity index is 1.83. The van der Waals surface area contributed by atoms with E-state index in [1.54, 1.807) is 12.3 Å². The fraction of sp³-hybridized carbons (Fsp3) is 0.571. The summed E-state index contributed by atoms with van der Waals surface area (Å²) in [5.74, 6) is 0.565. The summed E-state index contributed by atoms with van der Waals surface area (Å²) in [5, 5.41) is 8.79. The fourth-order valence-electron chi connectivity index (χ4n) is 2.33. The van der Waals surface area contributed by atoms with Crippen molar-refractivity contribution in [1.82, 2.24) is 20.9 Å². The molecule has 0 spiro atoms. The zero-order chi connectivity index (χ0) is 15.1. The normalized spacial score (nSPS) is 19.2. The first-order valence-electron chi connectivity index (χ1n) is 7.22. The standard InChI is InChI=1S/C14H22N4O3/c1-2-16-14(20)12-9-15-5-6-18(12)10-13(19)17-8-11-4-3-7-21-11/h3-4,7,12,15H,2,5-6,8-10H2,1H3,(H,16,20)(H,17,19). The van der Waals surface area contributed by atoms with E-state index in [9.17, 15) is 9.59 Å². The van der Waals surface area contributed by atoms with Gasteiger partial charge >= 0.3 is 0 Å². The van der Waals surface area contributed by atoms with Gasteiger partial charge in [0, 0.05) is 26.2 Å². The summed E-state index contributed by atoms with van der Waals surface area (Å²) >= 11 is 0. The number of amides is 2. The van der Waals surface area contributed by atoms with E-state index in [-0.39, 0.29) is 24.4 Å². The zero-order valence-corrected chi connectivity index (χ0v) is 12.2. The third kappa shape index (κ3) is 4.57. The minimum atomic E-state index is -0.298. The van der Waals surface area contributed by atoms with Crippen LogP contribution < -0.4 is 16.0 Å². The summed E-state index contributed by atoms with van der Waals surface area (Å²) in [7, 11) is 0. The smallest absolute Gasteiger partial charge is 0.238 e. The number of piperazine rings is 1. The number of hydrogen-bond donors (Lipinski definition) is 3. The van der Waals surface area contributed by atoms with Gasteiger partial charge in [-0.05, 0) is 19.1 Å². The lowest BCUT2D eigenvalue weighted by molar-refractivity contribution is -0.129. The lowest BCUT2D eigenvalue weighted by Crippen LogP contribution is -2.59. The highest BCUT2D eigenvalue weighted by atomic mass is 16.3. The van der Waals surface area contributed by atoms with Crippen molar-refractivity contribution in [2.24, 2.45) is 0 Å². The van der Waals surface area contributed by atoms with E-state index in [4.69, 9.17) is 4.42 Å². The van der Waals surface area contributed by atoms with E-state index in [0.717, 1.165) is 6.54 Å². The summed E-state index contributed by atoms with van der Waals surface area (Å²) in [5.41, 5.74) is 0. The molecule has 1 aliphatic rings. The molecule has 0 radical (unpaired) electrons. The van der Waals surface area contributed by atoms with Gasteiger partial charge in [-0.1, -0.05) is 0 Å². The van der Waals surface area contributed by atoms with Crippen LogP contribution in [0, 0.1) is 0 Å². The van der Waals surface area contributed by atoms with Crippen LogP contribution in [0.5, 0.6) is 0 Å². The highest BCUT2D eigenvalue weighted by Crippen LogP contribution is 2.04. The second-order valence-electron chi connectivity index (χ2n) is 4.94. The predicted molar refractivity (Wildman–Crippen MR) is 77.5 cm³/mol. The Hall–Kier alpha value is -1.86. The molecule has 1 atom stereocenters. The van der Waals surface area contributed by atoms with Crippen molar-refractivity contribution < 1.29 is 14.0 Å². The summed E-state index contributed by atoms with van der Waals surface area (Å²) in [6.07, 6.45) is 1.57. The molecule has 0 aromatic carbocycles. The Morgan fingerprint density at radius 2 is 2.33 bits per heavy atom. The van der Waals surface area contributed by atoms with Crippen LogP contribution in [-0.4, -0.2) is 55.5 Å². The molecule has 7 nitrogen and oxygen atoms in total. The Morgan fingerprint density at radius 3 is 3.05 bits per heavy atom. The van der Waals surface area contributed by atoms with Crippen LogP contribution in [0.3, 0.4) is 0 Å². The minimum absolute atomic E-state index is 0.0384. The largest absolute Gasteiger partial charge is 0.467 e. The predicted octanol–water partition coefficient (Wildman–Crippen LogP) is -0.694. The van der Waals surface area contributed by atoms with Crippen molar-refractivity contribution in [2.75, 3.05) is 32.7 Å². The first-order valence-corrected chi connectivity index (χ1v) is 7.22.